The van der Waals surface area contributed by atoms with Crippen LogP contribution in [0.25, 0.3) is 11.3 Å². The molecular formula is C25H22N2O5. The first kappa shape index (κ1) is 21.0. The summed E-state index contributed by atoms with van der Waals surface area (Å²) >= 11 is 0. The highest BCUT2D eigenvalue weighted by Crippen LogP contribution is 2.38. The van der Waals surface area contributed by atoms with Gasteiger partial charge < -0.3 is 19.3 Å². The first-order valence-corrected chi connectivity index (χ1v) is 10.1. The van der Waals surface area contributed by atoms with Crippen molar-refractivity contribution in [2.75, 3.05) is 6.61 Å². The maximum atomic E-state index is 11.8. The van der Waals surface area contributed by atoms with Gasteiger partial charge in [0.2, 0.25) is 0 Å². The largest absolute Gasteiger partial charge is 0.507 e. The van der Waals surface area contributed by atoms with Gasteiger partial charge in [-0.15, -0.1) is 0 Å². The van der Waals surface area contributed by atoms with E-state index in [1.165, 1.54) is 6.20 Å². The molecule has 7 heteroatoms. The Morgan fingerprint density at radius 3 is 2.47 bits per heavy atom. The number of ether oxygens (including phenoxy) is 3. The lowest BCUT2D eigenvalue weighted by atomic mass is 10.1. The van der Waals surface area contributed by atoms with Crippen LogP contribution in [0.4, 0.5) is 0 Å². The van der Waals surface area contributed by atoms with Crippen molar-refractivity contribution in [3.05, 3.63) is 90.1 Å². The molecule has 0 aliphatic carbocycles. The van der Waals surface area contributed by atoms with Gasteiger partial charge in [0.25, 0.3) is 0 Å². The van der Waals surface area contributed by atoms with Crippen molar-refractivity contribution in [3.8, 4) is 34.3 Å². The number of benzene rings is 3. The molecule has 0 fully saturated rings. The van der Waals surface area contributed by atoms with Gasteiger partial charge in [0.15, 0.2) is 5.75 Å². The van der Waals surface area contributed by atoms with E-state index in [0.29, 0.717) is 47.3 Å². The number of rotatable bonds is 8. The predicted octanol–water partition coefficient (Wildman–Crippen LogP) is 5.33. The van der Waals surface area contributed by atoms with E-state index >= 15 is 0 Å². The van der Waals surface area contributed by atoms with E-state index in [2.05, 4.69) is 10.2 Å². The summed E-state index contributed by atoms with van der Waals surface area (Å²) in [5, 5.41) is 17.5. The monoisotopic (exact) mass is 430 g/mol. The summed E-state index contributed by atoms with van der Waals surface area (Å²) in [4.78, 5) is 11.8. The van der Waals surface area contributed by atoms with E-state index in [0.717, 1.165) is 5.56 Å². The molecule has 3 aromatic carbocycles. The minimum Gasteiger partial charge on any atom is -0.507 e. The van der Waals surface area contributed by atoms with Gasteiger partial charge in [-0.2, -0.15) is 5.10 Å². The summed E-state index contributed by atoms with van der Waals surface area (Å²) in [6.45, 7) is 2.47. The van der Waals surface area contributed by atoms with Crippen LogP contribution in [-0.4, -0.2) is 27.9 Å². The Bertz CT molecular complexity index is 1190. The van der Waals surface area contributed by atoms with Crippen molar-refractivity contribution in [1.82, 2.24) is 10.2 Å². The second-order valence-electron chi connectivity index (χ2n) is 6.91. The lowest BCUT2D eigenvalue weighted by molar-refractivity contribution is 0.0526. The Morgan fingerprint density at radius 2 is 1.75 bits per heavy atom. The summed E-state index contributed by atoms with van der Waals surface area (Å²) in [5.74, 6) is 1.14. The van der Waals surface area contributed by atoms with E-state index in [4.69, 9.17) is 14.2 Å². The van der Waals surface area contributed by atoms with E-state index in [9.17, 15) is 9.90 Å². The van der Waals surface area contributed by atoms with Crippen molar-refractivity contribution < 1.29 is 24.1 Å². The molecule has 7 nitrogen and oxygen atoms in total. The van der Waals surface area contributed by atoms with Gasteiger partial charge in [0, 0.05) is 11.6 Å². The highest BCUT2D eigenvalue weighted by Gasteiger charge is 2.15. The molecule has 4 rings (SSSR count). The Labute approximate surface area is 185 Å². The van der Waals surface area contributed by atoms with Crippen molar-refractivity contribution >= 4 is 5.97 Å². The average molecular weight is 430 g/mol. The molecule has 32 heavy (non-hydrogen) atoms. The molecule has 0 bridgehead atoms. The smallest absolute Gasteiger partial charge is 0.338 e. The highest BCUT2D eigenvalue weighted by molar-refractivity contribution is 5.89. The molecule has 0 aliphatic heterocycles. The second-order valence-corrected chi connectivity index (χ2v) is 6.91. The SMILES string of the molecule is CCOC(=O)c1ccc(Oc2cn[nH]c2-c2ccc(OCc3ccccc3)cc2O)cc1. The molecule has 4 aromatic rings. The molecule has 162 valence electrons. The number of phenols is 1. The summed E-state index contributed by atoms with van der Waals surface area (Å²) in [7, 11) is 0. The van der Waals surface area contributed by atoms with Gasteiger partial charge in [0.05, 0.1) is 18.4 Å². The molecule has 0 amide bonds. The Balaban J connectivity index is 1.47. The third-order valence-corrected chi connectivity index (χ3v) is 4.68. The molecule has 1 aromatic heterocycles. The molecule has 0 atom stereocenters. The number of carbonyl (C=O) groups excluding carboxylic acids is 1. The molecule has 0 saturated heterocycles. The quantitative estimate of drug-likeness (QED) is 0.367. The number of aromatic amines is 1. The zero-order chi connectivity index (χ0) is 22.3. The van der Waals surface area contributed by atoms with Gasteiger partial charge in [0.1, 0.15) is 29.5 Å². The first-order valence-electron chi connectivity index (χ1n) is 10.1. The normalized spacial score (nSPS) is 10.5. The summed E-state index contributed by atoms with van der Waals surface area (Å²) < 4.78 is 16.6. The number of nitrogens with one attached hydrogen (secondary N) is 1. The molecule has 0 radical (unpaired) electrons. The molecule has 0 saturated carbocycles. The first-order chi connectivity index (χ1) is 15.6. The molecule has 0 unspecified atom stereocenters. The predicted molar refractivity (Wildman–Crippen MR) is 119 cm³/mol. The van der Waals surface area contributed by atoms with Crippen LogP contribution in [-0.2, 0) is 11.3 Å². The number of esters is 1. The third-order valence-electron chi connectivity index (χ3n) is 4.68. The number of hydrogen-bond acceptors (Lipinski definition) is 6. The fourth-order valence-corrected chi connectivity index (χ4v) is 3.10. The fourth-order valence-electron chi connectivity index (χ4n) is 3.10. The number of aromatic nitrogens is 2. The average Bonchev–Trinajstić information content (AvgIpc) is 3.27. The Hall–Kier alpha value is -4.26. The van der Waals surface area contributed by atoms with E-state index in [1.807, 2.05) is 30.3 Å². The zero-order valence-corrected chi connectivity index (χ0v) is 17.4. The van der Waals surface area contributed by atoms with Gasteiger partial charge in [-0.1, -0.05) is 30.3 Å². The highest BCUT2D eigenvalue weighted by atomic mass is 16.5. The van der Waals surface area contributed by atoms with Crippen LogP contribution in [0.15, 0.2) is 79.0 Å². The van der Waals surface area contributed by atoms with Crippen LogP contribution in [0.1, 0.15) is 22.8 Å². The van der Waals surface area contributed by atoms with Crippen LogP contribution >= 0.6 is 0 Å². The summed E-state index contributed by atoms with van der Waals surface area (Å²) in [6.07, 6.45) is 1.52. The summed E-state index contributed by atoms with van der Waals surface area (Å²) in [6, 6.07) is 21.5. The maximum absolute atomic E-state index is 11.8. The lowest BCUT2D eigenvalue weighted by Gasteiger charge is -2.11. The zero-order valence-electron chi connectivity index (χ0n) is 17.4. The number of phenolic OH excluding ortho intramolecular Hbond substituents is 1. The van der Waals surface area contributed by atoms with Crippen LogP contribution in [0.5, 0.6) is 23.0 Å². The topological polar surface area (TPSA) is 93.7 Å². The van der Waals surface area contributed by atoms with Crippen LogP contribution in [0.2, 0.25) is 0 Å². The number of aromatic hydroxyl groups is 1. The summed E-state index contributed by atoms with van der Waals surface area (Å²) in [5.41, 5.74) is 2.52. The van der Waals surface area contributed by atoms with Crippen molar-refractivity contribution in [2.45, 2.75) is 13.5 Å². The Kier molecular flexibility index (Phi) is 6.36. The standard InChI is InChI=1S/C25H22N2O5/c1-2-30-25(29)18-8-10-19(11-9-18)32-23-15-26-27-24(23)21-13-12-20(14-22(21)28)31-16-17-6-4-3-5-7-17/h3-15,28H,2,16H2,1H3,(H,26,27). The molecule has 1 heterocycles. The minimum atomic E-state index is -0.387. The van der Waals surface area contributed by atoms with Gasteiger partial charge >= 0.3 is 5.97 Å². The van der Waals surface area contributed by atoms with Crippen molar-refractivity contribution in [3.63, 3.8) is 0 Å². The van der Waals surface area contributed by atoms with E-state index in [1.54, 1.807) is 49.4 Å². The van der Waals surface area contributed by atoms with E-state index < -0.39 is 0 Å². The Morgan fingerprint density at radius 1 is 1.00 bits per heavy atom. The molecule has 0 spiro atoms. The minimum absolute atomic E-state index is 0.0299. The third kappa shape index (κ3) is 4.89. The molecule has 0 aliphatic rings. The van der Waals surface area contributed by atoms with Gasteiger partial charge in [-0.05, 0) is 48.9 Å². The van der Waals surface area contributed by atoms with Gasteiger partial charge in [-0.3, -0.25) is 5.10 Å². The number of H-pyrrole nitrogens is 1. The lowest BCUT2D eigenvalue weighted by Crippen LogP contribution is -2.04. The number of hydrogen-bond donors (Lipinski definition) is 2. The van der Waals surface area contributed by atoms with E-state index in [-0.39, 0.29) is 11.7 Å². The number of carbonyl (C=O) groups is 1. The second kappa shape index (κ2) is 9.70. The van der Waals surface area contributed by atoms with Crippen molar-refractivity contribution in [2.24, 2.45) is 0 Å². The number of nitrogens with zero attached hydrogens (tertiary/aromatic N) is 1. The molecular weight excluding hydrogens is 408 g/mol. The molecule has 2 N–H and O–H groups in total. The van der Waals surface area contributed by atoms with Crippen molar-refractivity contribution in [1.29, 1.82) is 0 Å². The van der Waals surface area contributed by atoms with Crippen LogP contribution in [0, 0.1) is 0 Å². The van der Waals surface area contributed by atoms with Crippen LogP contribution < -0.4 is 9.47 Å². The maximum Gasteiger partial charge on any atom is 0.338 e. The fraction of sp³-hybridized carbons (Fsp3) is 0.120. The van der Waals surface area contributed by atoms with Crippen LogP contribution in [0.3, 0.4) is 0 Å². The van der Waals surface area contributed by atoms with Gasteiger partial charge in [-0.25, -0.2) is 4.79 Å².